The Hall–Kier alpha value is -2.12. The lowest BCUT2D eigenvalue weighted by Gasteiger charge is -2.23. The molecule has 0 rings (SSSR count). The first-order chi connectivity index (χ1) is 9.68. The van der Waals surface area contributed by atoms with E-state index in [0.29, 0.717) is 0 Å². The number of hydrogen-bond donors (Lipinski definition) is 3. The average Bonchev–Trinajstić information content (AvgIpc) is 2.38. The van der Waals surface area contributed by atoms with Gasteiger partial charge in [-0.2, -0.15) is 0 Å². The third-order valence-electron chi connectivity index (χ3n) is 2.79. The number of carbonyl (C=O) groups is 4. The van der Waals surface area contributed by atoms with E-state index in [4.69, 9.17) is 5.11 Å². The molecule has 21 heavy (non-hydrogen) atoms. The molecule has 0 heterocycles. The third kappa shape index (κ3) is 7.28. The minimum absolute atomic E-state index is 0.0847. The van der Waals surface area contributed by atoms with Crippen LogP contribution in [-0.2, 0) is 23.9 Å². The van der Waals surface area contributed by atoms with Gasteiger partial charge in [0.25, 0.3) is 0 Å². The third-order valence-corrected chi connectivity index (χ3v) is 2.79. The van der Waals surface area contributed by atoms with Gasteiger partial charge in [0, 0.05) is 13.3 Å². The van der Waals surface area contributed by atoms with Gasteiger partial charge in [-0.05, 0) is 12.3 Å². The van der Waals surface area contributed by atoms with Crippen LogP contribution in [0.4, 0.5) is 0 Å². The fourth-order valence-corrected chi connectivity index (χ4v) is 1.64. The van der Waals surface area contributed by atoms with E-state index >= 15 is 0 Å². The first kappa shape index (κ1) is 18.9. The van der Waals surface area contributed by atoms with Crippen molar-refractivity contribution in [2.45, 2.75) is 45.7 Å². The van der Waals surface area contributed by atoms with Crippen molar-refractivity contribution in [1.29, 1.82) is 0 Å². The zero-order chi connectivity index (χ0) is 16.6. The van der Waals surface area contributed by atoms with E-state index in [1.807, 2.05) is 0 Å². The van der Waals surface area contributed by atoms with Crippen molar-refractivity contribution < 1.29 is 29.0 Å². The molecule has 0 aromatic heterocycles. The van der Waals surface area contributed by atoms with Crippen LogP contribution < -0.4 is 10.6 Å². The predicted molar refractivity (Wildman–Crippen MR) is 73.3 cm³/mol. The summed E-state index contributed by atoms with van der Waals surface area (Å²) in [4.78, 5) is 45.2. The number of carbonyl (C=O) groups excluding carboxylic acids is 3. The number of amides is 2. The van der Waals surface area contributed by atoms with E-state index in [9.17, 15) is 19.2 Å². The van der Waals surface area contributed by atoms with Crippen molar-refractivity contribution in [1.82, 2.24) is 10.6 Å². The molecule has 0 radical (unpaired) electrons. The monoisotopic (exact) mass is 302 g/mol. The van der Waals surface area contributed by atoms with Crippen LogP contribution in [0.3, 0.4) is 0 Å². The number of nitrogens with one attached hydrogen (secondary N) is 2. The Morgan fingerprint density at radius 3 is 2.10 bits per heavy atom. The van der Waals surface area contributed by atoms with Crippen molar-refractivity contribution in [3.05, 3.63) is 0 Å². The summed E-state index contributed by atoms with van der Waals surface area (Å²) in [5, 5.41) is 13.8. The summed E-state index contributed by atoms with van der Waals surface area (Å²) in [6.45, 7) is 4.73. The molecule has 0 spiro atoms. The lowest BCUT2D eigenvalue weighted by molar-refractivity contribution is -0.144. The maximum absolute atomic E-state index is 12.0. The Labute approximate surface area is 123 Å². The van der Waals surface area contributed by atoms with Crippen LogP contribution in [0.1, 0.15) is 33.6 Å². The highest BCUT2D eigenvalue weighted by atomic mass is 16.5. The number of hydrogen-bond acceptors (Lipinski definition) is 5. The molecule has 2 atom stereocenters. The van der Waals surface area contributed by atoms with E-state index < -0.39 is 29.9 Å². The number of esters is 1. The van der Waals surface area contributed by atoms with E-state index in [-0.39, 0.29) is 24.7 Å². The fourth-order valence-electron chi connectivity index (χ4n) is 1.64. The highest BCUT2D eigenvalue weighted by Crippen LogP contribution is 2.05. The van der Waals surface area contributed by atoms with Crippen LogP contribution in [0.15, 0.2) is 0 Å². The van der Waals surface area contributed by atoms with Gasteiger partial charge < -0.3 is 20.5 Å². The van der Waals surface area contributed by atoms with Crippen LogP contribution in [-0.4, -0.2) is 48.1 Å². The molecule has 2 amide bonds. The van der Waals surface area contributed by atoms with E-state index in [1.165, 1.54) is 14.0 Å². The molecule has 0 aromatic rings. The van der Waals surface area contributed by atoms with Crippen LogP contribution in [0.25, 0.3) is 0 Å². The molecule has 3 N–H and O–H groups in total. The van der Waals surface area contributed by atoms with Gasteiger partial charge in [-0.3, -0.25) is 14.4 Å². The van der Waals surface area contributed by atoms with Gasteiger partial charge in [0.1, 0.15) is 12.1 Å². The lowest BCUT2D eigenvalue weighted by Crippen LogP contribution is -2.53. The second-order valence-electron chi connectivity index (χ2n) is 4.94. The predicted octanol–water partition coefficient (Wildman–Crippen LogP) is -0.330. The standard InChI is InChI=1S/C13H22N2O6/c1-7(2)11(14-8(3)16)12(18)15-9(13(19)20)5-6-10(17)21-4/h7,9,11H,5-6H2,1-4H3,(H,14,16)(H,15,18)(H,19,20)/t9-,11?/m1/s1. The van der Waals surface area contributed by atoms with E-state index in [1.54, 1.807) is 13.8 Å². The summed E-state index contributed by atoms with van der Waals surface area (Å²) in [5.74, 6) is -3.00. The Morgan fingerprint density at radius 2 is 1.71 bits per heavy atom. The Morgan fingerprint density at radius 1 is 1.14 bits per heavy atom. The molecule has 8 nitrogen and oxygen atoms in total. The number of methoxy groups -OCH3 is 1. The summed E-state index contributed by atoms with van der Waals surface area (Å²) in [5.41, 5.74) is 0. The Kier molecular flexibility index (Phi) is 8.03. The highest BCUT2D eigenvalue weighted by Gasteiger charge is 2.28. The Balaban J connectivity index is 4.74. The summed E-state index contributed by atoms with van der Waals surface area (Å²) < 4.78 is 4.42. The molecular weight excluding hydrogens is 280 g/mol. The molecule has 0 fully saturated rings. The molecule has 0 aliphatic rings. The smallest absolute Gasteiger partial charge is 0.326 e. The maximum atomic E-state index is 12.0. The Bertz CT molecular complexity index is 407. The zero-order valence-electron chi connectivity index (χ0n) is 12.6. The minimum atomic E-state index is -1.25. The molecule has 0 aromatic carbocycles. The van der Waals surface area contributed by atoms with E-state index in [0.717, 1.165) is 0 Å². The van der Waals surface area contributed by atoms with Gasteiger partial charge in [-0.1, -0.05) is 13.8 Å². The van der Waals surface area contributed by atoms with Crippen molar-refractivity contribution in [2.75, 3.05) is 7.11 Å². The second kappa shape index (κ2) is 8.93. The number of rotatable bonds is 8. The van der Waals surface area contributed by atoms with Crippen molar-refractivity contribution in [3.8, 4) is 0 Å². The topological polar surface area (TPSA) is 122 Å². The summed E-state index contributed by atoms with van der Waals surface area (Å²) in [7, 11) is 1.20. The molecule has 0 saturated heterocycles. The molecular formula is C13H22N2O6. The number of ether oxygens (including phenoxy) is 1. The zero-order valence-corrected chi connectivity index (χ0v) is 12.6. The molecule has 1 unspecified atom stereocenters. The molecule has 0 aliphatic heterocycles. The van der Waals surface area contributed by atoms with Crippen LogP contribution in [0.2, 0.25) is 0 Å². The van der Waals surface area contributed by atoms with Crippen molar-refractivity contribution >= 4 is 23.8 Å². The maximum Gasteiger partial charge on any atom is 0.326 e. The number of carboxylic acids is 1. The largest absolute Gasteiger partial charge is 0.480 e. The number of carboxylic acid groups (broad SMARTS) is 1. The van der Waals surface area contributed by atoms with Crippen molar-refractivity contribution in [2.24, 2.45) is 5.92 Å². The van der Waals surface area contributed by atoms with Gasteiger partial charge in [0.2, 0.25) is 11.8 Å². The van der Waals surface area contributed by atoms with Crippen molar-refractivity contribution in [3.63, 3.8) is 0 Å². The fraction of sp³-hybridized carbons (Fsp3) is 0.692. The van der Waals surface area contributed by atoms with Gasteiger partial charge >= 0.3 is 11.9 Å². The van der Waals surface area contributed by atoms with Crippen LogP contribution in [0.5, 0.6) is 0 Å². The minimum Gasteiger partial charge on any atom is -0.480 e. The van der Waals surface area contributed by atoms with Gasteiger partial charge in [-0.15, -0.1) is 0 Å². The SMILES string of the molecule is COC(=O)CC[C@@H](NC(=O)C(NC(C)=O)C(C)C)C(=O)O. The highest BCUT2D eigenvalue weighted by molar-refractivity contribution is 5.90. The number of aliphatic carboxylic acids is 1. The van der Waals surface area contributed by atoms with Crippen LogP contribution in [0, 0.1) is 5.92 Å². The van der Waals surface area contributed by atoms with Crippen LogP contribution >= 0.6 is 0 Å². The first-order valence-electron chi connectivity index (χ1n) is 6.56. The van der Waals surface area contributed by atoms with Gasteiger partial charge in [0.05, 0.1) is 7.11 Å². The molecule has 120 valence electrons. The second-order valence-corrected chi connectivity index (χ2v) is 4.94. The molecule has 8 heteroatoms. The average molecular weight is 302 g/mol. The van der Waals surface area contributed by atoms with Gasteiger partial charge in [0.15, 0.2) is 0 Å². The van der Waals surface area contributed by atoms with Gasteiger partial charge in [-0.25, -0.2) is 4.79 Å². The normalized spacial score (nSPS) is 13.2. The first-order valence-corrected chi connectivity index (χ1v) is 6.56. The molecule has 0 bridgehead atoms. The summed E-state index contributed by atoms with van der Waals surface area (Å²) >= 11 is 0. The lowest BCUT2D eigenvalue weighted by atomic mass is 10.0. The molecule has 0 saturated carbocycles. The van der Waals surface area contributed by atoms with E-state index in [2.05, 4.69) is 15.4 Å². The quantitative estimate of drug-likeness (QED) is 0.528. The summed E-state index contributed by atoms with van der Waals surface area (Å²) in [6.07, 6.45) is -0.209. The summed E-state index contributed by atoms with van der Waals surface area (Å²) in [6, 6.07) is -2.05. The molecule has 0 aliphatic carbocycles.